The summed E-state index contributed by atoms with van der Waals surface area (Å²) in [5.74, 6) is -0.312. The molecule has 0 atom stereocenters. The Bertz CT molecular complexity index is 725. The van der Waals surface area contributed by atoms with Crippen LogP contribution in [0.4, 0.5) is 5.69 Å². The third kappa shape index (κ3) is 6.71. The number of carbonyl (C=O) groups excluding carboxylic acids is 2. The van der Waals surface area contributed by atoms with Crippen LogP contribution < -0.4 is 5.32 Å². The van der Waals surface area contributed by atoms with Gasteiger partial charge in [0, 0.05) is 18.5 Å². The molecule has 0 bridgehead atoms. The smallest absolute Gasteiger partial charge is 0.305 e. The molecule has 1 amide bonds. The second kappa shape index (κ2) is 10.4. The minimum absolute atomic E-state index is 0.0735. The molecule has 0 radical (unpaired) electrons. The van der Waals surface area contributed by atoms with Crippen LogP contribution in [0.15, 0.2) is 48.5 Å². The summed E-state index contributed by atoms with van der Waals surface area (Å²) in [6.07, 6.45) is 2.78. The average Bonchev–Trinajstić information content (AvgIpc) is 2.63. The highest BCUT2D eigenvalue weighted by molar-refractivity contribution is 5.91. The molecular weight excluding hydrogens is 326 g/mol. The van der Waals surface area contributed by atoms with E-state index >= 15 is 0 Å². The van der Waals surface area contributed by atoms with Crippen molar-refractivity contribution in [2.24, 2.45) is 0 Å². The van der Waals surface area contributed by atoms with E-state index in [9.17, 15) is 9.59 Å². The second-order valence-electron chi connectivity index (χ2n) is 6.46. The standard InChI is InChI=1S/C22H27NO3/c1-17-9-6-13-20(18(17)2)23-21(24)14-7-15-22(25)26-16-8-12-19-10-4-3-5-11-19/h3-6,9-11,13H,7-8,12,14-16H2,1-2H3,(H,23,24). The van der Waals surface area contributed by atoms with E-state index in [2.05, 4.69) is 17.4 Å². The van der Waals surface area contributed by atoms with E-state index in [1.165, 1.54) is 5.56 Å². The number of hydrogen-bond donors (Lipinski definition) is 1. The summed E-state index contributed by atoms with van der Waals surface area (Å²) in [7, 11) is 0. The van der Waals surface area contributed by atoms with Crippen molar-refractivity contribution in [3.05, 3.63) is 65.2 Å². The van der Waals surface area contributed by atoms with Crippen LogP contribution in [-0.2, 0) is 20.7 Å². The van der Waals surface area contributed by atoms with Crippen LogP contribution in [0.1, 0.15) is 42.4 Å². The molecule has 2 aromatic carbocycles. The van der Waals surface area contributed by atoms with Gasteiger partial charge in [-0.3, -0.25) is 9.59 Å². The van der Waals surface area contributed by atoms with Gasteiger partial charge in [-0.25, -0.2) is 0 Å². The summed E-state index contributed by atoms with van der Waals surface area (Å²) < 4.78 is 5.23. The predicted octanol–water partition coefficient (Wildman–Crippen LogP) is 4.59. The first-order valence-corrected chi connectivity index (χ1v) is 9.12. The highest BCUT2D eigenvalue weighted by atomic mass is 16.5. The van der Waals surface area contributed by atoms with Gasteiger partial charge < -0.3 is 10.1 Å². The molecule has 138 valence electrons. The lowest BCUT2D eigenvalue weighted by atomic mass is 10.1. The van der Waals surface area contributed by atoms with Crippen molar-refractivity contribution in [3.8, 4) is 0 Å². The monoisotopic (exact) mass is 353 g/mol. The maximum Gasteiger partial charge on any atom is 0.305 e. The molecule has 26 heavy (non-hydrogen) atoms. The van der Waals surface area contributed by atoms with Gasteiger partial charge in [0.25, 0.3) is 0 Å². The quantitative estimate of drug-likeness (QED) is 0.530. The first-order valence-electron chi connectivity index (χ1n) is 9.12. The highest BCUT2D eigenvalue weighted by Gasteiger charge is 2.08. The summed E-state index contributed by atoms with van der Waals surface area (Å²) in [6, 6.07) is 16.0. The molecule has 0 fully saturated rings. The van der Waals surface area contributed by atoms with Crippen LogP contribution in [0.5, 0.6) is 0 Å². The summed E-state index contributed by atoms with van der Waals surface area (Å²) in [5, 5.41) is 2.90. The molecule has 0 saturated carbocycles. The number of benzene rings is 2. The number of rotatable bonds is 9. The molecule has 4 heteroatoms. The number of ether oxygens (including phenoxy) is 1. The van der Waals surface area contributed by atoms with Crippen LogP contribution in [0.3, 0.4) is 0 Å². The van der Waals surface area contributed by atoms with Crippen molar-refractivity contribution < 1.29 is 14.3 Å². The Labute approximate surface area is 155 Å². The van der Waals surface area contributed by atoms with Crippen LogP contribution >= 0.6 is 0 Å². The number of amides is 1. The number of aryl methyl sites for hydroxylation is 2. The third-order valence-corrected chi connectivity index (χ3v) is 4.38. The van der Waals surface area contributed by atoms with E-state index in [-0.39, 0.29) is 18.3 Å². The van der Waals surface area contributed by atoms with Crippen molar-refractivity contribution >= 4 is 17.6 Å². The number of hydrogen-bond acceptors (Lipinski definition) is 3. The summed E-state index contributed by atoms with van der Waals surface area (Å²) in [4.78, 5) is 23.8. The number of nitrogens with one attached hydrogen (secondary N) is 1. The van der Waals surface area contributed by atoms with Gasteiger partial charge >= 0.3 is 5.97 Å². The zero-order valence-corrected chi connectivity index (χ0v) is 15.6. The zero-order valence-electron chi connectivity index (χ0n) is 15.6. The molecule has 2 aromatic rings. The van der Waals surface area contributed by atoms with Crippen LogP contribution in [-0.4, -0.2) is 18.5 Å². The van der Waals surface area contributed by atoms with Gasteiger partial charge in [0.15, 0.2) is 0 Å². The van der Waals surface area contributed by atoms with Gasteiger partial charge in [-0.2, -0.15) is 0 Å². The first-order chi connectivity index (χ1) is 12.6. The largest absolute Gasteiger partial charge is 0.466 e. The maximum atomic E-state index is 12.0. The lowest BCUT2D eigenvalue weighted by Crippen LogP contribution is -2.14. The molecule has 0 spiro atoms. The Hall–Kier alpha value is -2.62. The fraction of sp³-hybridized carbons (Fsp3) is 0.364. The van der Waals surface area contributed by atoms with Crippen LogP contribution in [0, 0.1) is 13.8 Å². The van der Waals surface area contributed by atoms with E-state index in [4.69, 9.17) is 4.74 Å². The molecule has 4 nitrogen and oxygen atoms in total. The maximum absolute atomic E-state index is 12.0. The Balaban J connectivity index is 1.59. The predicted molar refractivity (Wildman–Crippen MR) is 104 cm³/mol. The average molecular weight is 353 g/mol. The van der Waals surface area contributed by atoms with Gasteiger partial charge in [-0.15, -0.1) is 0 Å². The topological polar surface area (TPSA) is 55.4 Å². The van der Waals surface area contributed by atoms with Crippen molar-refractivity contribution in [2.75, 3.05) is 11.9 Å². The minimum Gasteiger partial charge on any atom is -0.466 e. The van der Waals surface area contributed by atoms with Crippen molar-refractivity contribution in [2.45, 2.75) is 46.0 Å². The molecule has 0 aromatic heterocycles. The summed E-state index contributed by atoms with van der Waals surface area (Å²) in [5.41, 5.74) is 4.28. The summed E-state index contributed by atoms with van der Waals surface area (Å²) >= 11 is 0. The van der Waals surface area contributed by atoms with Gasteiger partial charge in [-0.05, 0) is 55.9 Å². The highest BCUT2D eigenvalue weighted by Crippen LogP contribution is 2.18. The normalized spacial score (nSPS) is 10.4. The Morgan fingerprint density at radius 2 is 1.69 bits per heavy atom. The van der Waals surface area contributed by atoms with Crippen molar-refractivity contribution in [1.29, 1.82) is 0 Å². The molecular formula is C22H27NO3. The number of carbonyl (C=O) groups is 2. The second-order valence-corrected chi connectivity index (χ2v) is 6.46. The zero-order chi connectivity index (χ0) is 18.8. The molecule has 0 aliphatic heterocycles. The molecule has 1 N–H and O–H groups in total. The van der Waals surface area contributed by atoms with E-state index in [1.54, 1.807) is 0 Å². The lowest BCUT2D eigenvalue weighted by Gasteiger charge is -2.10. The number of anilines is 1. The van der Waals surface area contributed by atoms with E-state index in [1.807, 2.05) is 50.2 Å². The molecule has 0 saturated heterocycles. The fourth-order valence-corrected chi connectivity index (χ4v) is 2.67. The minimum atomic E-state index is -0.238. The SMILES string of the molecule is Cc1cccc(NC(=O)CCCC(=O)OCCCc2ccccc2)c1C. The number of esters is 1. The molecule has 0 aliphatic carbocycles. The van der Waals surface area contributed by atoms with E-state index in [0.717, 1.165) is 29.7 Å². The fourth-order valence-electron chi connectivity index (χ4n) is 2.67. The Morgan fingerprint density at radius 3 is 2.46 bits per heavy atom. The van der Waals surface area contributed by atoms with Crippen molar-refractivity contribution in [3.63, 3.8) is 0 Å². The van der Waals surface area contributed by atoms with Crippen molar-refractivity contribution in [1.82, 2.24) is 0 Å². The van der Waals surface area contributed by atoms with Crippen LogP contribution in [0.25, 0.3) is 0 Å². The Kier molecular flexibility index (Phi) is 7.87. The van der Waals surface area contributed by atoms with Gasteiger partial charge in [0.2, 0.25) is 5.91 Å². The van der Waals surface area contributed by atoms with E-state index < -0.39 is 0 Å². The molecule has 0 heterocycles. The Morgan fingerprint density at radius 1 is 0.923 bits per heavy atom. The molecule has 0 unspecified atom stereocenters. The van der Waals surface area contributed by atoms with Gasteiger partial charge in [0.05, 0.1) is 6.61 Å². The van der Waals surface area contributed by atoms with Crippen LogP contribution in [0.2, 0.25) is 0 Å². The van der Waals surface area contributed by atoms with E-state index in [0.29, 0.717) is 19.4 Å². The van der Waals surface area contributed by atoms with Gasteiger partial charge in [-0.1, -0.05) is 42.5 Å². The molecule has 2 rings (SSSR count). The third-order valence-electron chi connectivity index (χ3n) is 4.38. The lowest BCUT2D eigenvalue weighted by molar-refractivity contribution is -0.143. The molecule has 0 aliphatic rings. The summed E-state index contributed by atoms with van der Waals surface area (Å²) in [6.45, 7) is 4.42. The first kappa shape index (κ1) is 19.7. The van der Waals surface area contributed by atoms with Gasteiger partial charge in [0.1, 0.15) is 0 Å².